The van der Waals surface area contributed by atoms with Crippen molar-refractivity contribution in [3.05, 3.63) is 199 Å². The summed E-state index contributed by atoms with van der Waals surface area (Å²) < 4.78 is 11.7. The predicted octanol–water partition coefficient (Wildman–Crippen LogP) is 13.1. The molecule has 0 radical (unpaired) electrons. The molecule has 8 aromatic carbocycles. The van der Waals surface area contributed by atoms with E-state index >= 15 is 0 Å². The molecule has 2 N–H and O–H groups in total. The van der Waals surface area contributed by atoms with Crippen LogP contribution in [0.1, 0.15) is 29.0 Å². The van der Waals surface area contributed by atoms with E-state index in [0.29, 0.717) is 0 Å². The zero-order valence-electron chi connectivity index (χ0n) is 30.7. The van der Waals surface area contributed by atoms with Crippen LogP contribution in [0.5, 0.6) is 0 Å². The summed E-state index contributed by atoms with van der Waals surface area (Å²) in [5, 5.41) is 14.8. The number of nitrogens with one attached hydrogen (secondary N) is 2. The summed E-state index contributed by atoms with van der Waals surface area (Å²) in [5.41, 5.74) is 10.9. The Morgan fingerprint density at radius 2 is 1.25 bits per heavy atom. The van der Waals surface area contributed by atoms with Crippen molar-refractivity contribution < 1.29 is 4.42 Å². The van der Waals surface area contributed by atoms with Gasteiger partial charge in [-0.3, -0.25) is 5.32 Å². The van der Waals surface area contributed by atoms with Crippen molar-refractivity contribution in [2.75, 3.05) is 0 Å². The van der Waals surface area contributed by atoms with E-state index in [1.807, 2.05) is 17.4 Å². The summed E-state index contributed by atoms with van der Waals surface area (Å²) in [7, 11) is 0. The lowest BCUT2D eigenvalue weighted by Gasteiger charge is -2.32. The van der Waals surface area contributed by atoms with Gasteiger partial charge in [0.1, 0.15) is 23.8 Å². The SMILES string of the molecule is c1ccc(C2=NC(c3ccccc3)NC(c3cccc4sc5c(-c6ccc7c(c6)oc6c(-n8c9ccccc9c9ccccc98)cccc67)cccc5c34)N2)cc1. The molecule has 270 valence electrons. The normalized spacial score (nSPS) is 15.9. The lowest BCUT2D eigenvalue weighted by molar-refractivity contribution is 0.411. The number of benzene rings is 8. The Morgan fingerprint density at radius 1 is 0.561 bits per heavy atom. The second-order valence-corrected chi connectivity index (χ2v) is 15.8. The number of hydrogen-bond donors (Lipinski definition) is 2. The Kier molecular flexibility index (Phi) is 7.24. The average Bonchev–Trinajstić information content (AvgIpc) is 3.96. The van der Waals surface area contributed by atoms with Crippen LogP contribution in [-0.2, 0) is 0 Å². The van der Waals surface area contributed by atoms with E-state index in [0.717, 1.165) is 50.2 Å². The molecule has 2 atom stereocenters. The number of aromatic nitrogens is 1. The maximum atomic E-state index is 6.88. The van der Waals surface area contributed by atoms with Crippen LogP contribution in [0.4, 0.5) is 0 Å². The molecule has 0 saturated carbocycles. The molecule has 12 rings (SSSR count). The Balaban J connectivity index is 0.985. The van der Waals surface area contributed by atoms with E-state index in [9.17, 15) is 0 Å². The molecule has 5 nitrogen and oxygen atoms in total. The molecule has 11 aromatic rings. The molecular formula is C51H34N4OS. The number of nitrogens with zero attached hydrogens (tertiary/aromatic N) is 2. The van der Waals surface area contributed by atoms with Gasteiger partial charge >= 0.3 is 0 Å². The highest BCUT2D eigenvalue weighted by Gasteiger charge is 2.28. The summed E-state index contributed by atoms with van der Waals surface area (Å²) in [5.74, 6) is 0.880. The number of rotatable bonds is 5. The highest BCUT2D eigenvalue weighted by atomic mass is 32.1. The number of fused-ring (bicyclic) bond motifs is 9. The molecule has 0 amide bonds. The zero-order valence-corrected chi connectivity index (χ0v) is 31.5. The first-order valence-electron chi connectivity index (χ1n) is 19.4. The number of hydrogen-bond acceptors (Lipinski definition) is 5. The van der Waals surface area contributed by atoms with E-state index in [-0.39, 0.29) is 12.3 Å². The van der Waals surface area contributed by atoms with Crippen LogP contribution in [0.3, 0.4) is 0 Å². The molecule has 1 aliphatic rings. The molecular weight excluding hydrogens is 717 g/mol. The smallest absolute Gasteiger partial charge is 0.159 e. The Morgan fingerprint density at radius 3 is 2.05 bits per heavy atom. The maximum Gasteiger partial charge on any atom is 0.159 e. The van der Waals surface area contributed by atoms with Gasteiger partial charge in [-0.2, -0.15) is 0 Å². The molecule has 0 saturated heterocycles. The second kappa shape index (κ2) is 12.8. The minimum absolute atomic E-state index is 0.163. The fourth-order valence-corrected chi connectivity index (χ4v) is 10.2. The fourth-order valence-electron chi connectivity index (χ4n) is 8.92. The summed E-state index contributed by atoms with van der Waals surface area (Å²) >= 11 is 1.85. The van der Waals surface area contributed by atoms with Crippen LogP contribution in [-0.4, -0.2) is 10.4 Å². The fraction of sp³-hybridized carbons (Fsp3) is 0.0392. The lowest BCUT2D eigenvalue weighted by Crippen LogP contribution is -2.45. The van der Waals surface area contributed by atoms with Crippen molar-refractivity contribution >= 4 is 81.1 Å². The van der Waals surface area contributed by atoms with E-state index in [1.54, 1.807) is 0 Å². The Hall–Kier alpha value is -6.99. The minimum atomic E-state index is -0.200. The molecule has 0 aliphatic carbocycles. The third kappa shape index (κ3) is 5.08. The van der Waals surface area contributed by atoms with Crippen LogP contribution >= 0.6 is 11.3 Å². The van der Waals surface area contributed by atoms with Gasteiger partial charge in [0.05, 0.1) is 16.7 Å². The molecule has 4 heterocycles. The highest BCUT2D eigenvalue weighted by Crippen LogP contribution is 2.45. The number of amidine groups is 1. The minimum Gasteiger partial charge on any atom is -0.454 e. The first-order valence-corrected chi connectivity index (χ1v) is 20.2. The summed E-state index contributed by atoms with van der Waals surface area (Å²) in [6, 6.07) is 64.7. The van der Waals surface area contributed by atoms with Crippen LogP contribution in [0, 0.1) is 0 Å². The largest absolute Gasteiger partial charge is 0.454 e. The van der Waals surface area contributed by atoms with Gasteiger partial charge in [0, 0.05) is 47.3 Å². The summed E-state index contributed by atoms with van der Waals surface area (Å²) in [6.45, 7) is 0. The predicted molar refractivity (Wildman–Crippen MR) is 238 cm³/mol. The van der Waals surface area contributed by atoms with Gasteiger partial charge in [-0.05, 0) is 58.7 Å². The van der Waals surface area contributed by atoms with Crippen molar-refractivity contribution in [3.8, 4) is 16.8 Å². The van der Waals surface area contributed by atoms with Crippen molar-refractivity contribution in [2.45, 2.75) is 12.3 Å². The monoisotopic (exact) mass is 750 g/mol. The lowest BCUT2D eigenvalue weighted by atomic mass is 9.98. The Bertz CT molecular complexity index is 3320. The quantitative estimate of drug-likeness (QED) is 0.184. The first-order chi connectivity index (χ1) is 28.3. The molecule has 2 unspecified atom stereocenters. The zero-order chi connectivity index (χ0) is 37.5. The third-order valence-corrected chi connectivity index (χ3v) is 12.7. The van der Waals surface area contributed by atoms with E-state index in [2.05, 4.69) is 191 Å². The third-order valence-electron chi connectivity index (χ3n) is 11.5. The van der Waals surface area contributed by atoms with E-state index in [1.165, 1.54) is 53.1 Å². The van der Waals surface area contributed by atoms with Crippen LogP contribution < -0.4 is 10.6 Å². The number of furan rings is 1. The standard InChI is InChI=1S/C51H34N4OS/c1-3-14-31(15-4-1)49-52-50(32-16-5-2-6-17-32)54-51(53-49)40-23-13-27-45-46(40)39-22-11-20-34(48(39)57-45)33-28-29-37-38-21-12-26-43(47(38)56-44(37)30-33)55-41-24-9-7-18-35(41)36-19-8-10-25-42(36)55/h1-30,49,51,53H,(H,52,54). The summed E-state index contributed by atoms with van der Waals surface area (Å²) in [6.07, 6.45) is -0.363. The molecule has 0 fully saturated rings. The maximum absolute atomic E-state index is 6.88. The number of thiophene rings is 1. The van der Waals surface area contributed by atoms with Crippen molar-refractivity contribution in [3.63, 3.8) is 0 Å². The van der Waals surface area contributed by atoms with Crippen molar-refractivity contribution in [1.82, 2.24) is 15.2 Å². The topological polar surface area (TPSA) is 54.5 Å². The average molecular weight is 751 g/mol. The molecule has 0 spiro atoms. The van der Waals surface area contributed by atoms with Gasteiger partial charge in [0.25, 0.3) is 0 Å². The first kappa shape index (κ1) is 32.3. The molecule has 6 heteroatoms. The van der Waals surface area contributed by atoms with Gasteiger partial charge in [0.2, 0.25) is 0 Å². The van der Waals surface area contributed by atoms with Crippen LogP contribution in [0.2, 0.25) is 0 Å². The number of para-hydroxylation sites is 3. The van der Waals surface area contributed by atoms with Gasteiger partial charge in [0.15, 0.2) is 5.58 Å². The van der Waals surface area contributed by atoms with E-state index < -0.39 is 0 Å². The molecule has 0 bridgehead atoms. The van der Waals surface area contributed by atoms with Gasteiger partial charge in [-0.15, -0.1) is 11.3 Å². The van der Waals surface area contributed by atoms with Gasteiger partial charge in [-0.1, -0.05) is 146 Å². The van der Waals surface area contributed by atoms with E-state index in [4.69, 9.17) is 9.41 Å². The molecule has 3 aromatic heterocycles. The van der Waals surface area contributed by atoms with Gasteiger partial charge < -0.3 is 14.3 Å². The van der Waals surface area contributed by atoms with Crippen LogP contribution in [0.25, 0.3) is 80.7 Å². The summed E-state index contributed by atoms with van der Waals surface area (Å²) in [4.78, 5) is 5.16. The highest BCUT2D eigenvalue weighted by molar-refractivity contribution is 7.26. The van der Waals surface area contributed by atoms with Crippen LogP contribution in [0.15, 0.2) is 191 Å². The Labute approximate surface area is 332 Å². The van der Waals surface area contributed by atoms with Crippen molar-refractivity contribution in [1.29, 1.82) is 0 Å². The number of aliphatic imine (C=N–C) groups is 1. The molecule has 57 heavy (non-hydrogen) atoms. The second-order valence-electron chi connectivity index (χ2n) is 14.7. The van der Waals surface area contributed by atoms with Crippen molar-refractivity contribution in [2.24, 2.45) is 4.99 Å². The van der Waals surface area contributed by atoms with Gasteiger partial charge in [-0.25, -0.2) is 4.99 Å². The molecule has 1 aliphatic heterocycles.